The maximum absolute atomic E-state index is 12.3. The molecule has 0 aliphatic carbocycles. The molecule has 2 aromatic heterocycles. The molecule has 3 heterocycles. The summed E-state index contributed by atoms with van der Waals surface area (Å²) in [6.45, 7) is 2.10. The van der Waals surface area contributed by atoms with Crippen molar-refractivity contribution < 1.29 is 19.1 Å². The van der Waals surface area contributed by atoms with E-state index in [2.05, 4.69) is 20.8 Å². The van der Waals surface area contributed by atoms with Gasteiger partial charge in [-0.3, -0.25) is 29.1 Å². The van der Waals surface area contributed by atoms with Crippen molar-refractivity contribution in [2.45, 2.75) is 32.2 Å². The van der Waals surface area contributed by atoms with Crippen LogP contribution in [-0.2, 0) is 35.0 Å². The van der Waals surface area contributed by atoms with Crippen molar-refractivity contribution in [3.63, 3.8) is 0 Å². The zero-order chi connectivity index (χ0) is 22.1. The first-order valence-electron chi connectivity index (χ1n) is 10.0. The third-order valence-corrected chi connectivity index (χ3v) is 5.42. The van der Waals surface area contributed by atoms with Gasteiger partial charge >= 0.3 is 0 Å². The van der Waals surface area contributed by atoms with Crippen LogP contribution < -0.4 is 15.4 Å². The number of hydrogen-bond donors (Lipinski definition) is 2. The van der Waals surface area contributed by atoms with Crippen molar-refractivity contribution in [3.8, 4) is 5.75 Å². The lowest BCUT2D eigenvalue weighted by molar-refractivity contribution is -0.134. The molecule has 10 heteroatoms. The van der Waals surface area contributed by atoms with Gasteiger partial charge < -0.3 is 10.1 Å². The monoisotopic (exact) mass is 424 g/mol. The summed E-state index contributed by atoms with van der Waals surface area (Å²) in [6, 6.07) is 7.32. The van der Waals surface area contributed by atoms with Crippen molar-refractivity contribution in [1.82, 2.24) is 30.2 Å². The van der Waals surface area contributed by atoms with E-state index in [1.807, 2.05) is 26.1 Å². The molecule has 1 aliphatic rings. The van der Waals surface area contributed by atoms with Crippen LogP contribution in [-0.4, -0.2) is 43.9 Å². The fourth-order valence-corrected chi connectivity index (χ4v) is 3.76. The number of fused-ring (bicyclic) bond motifs is 1. The van der Waals surface area contributed by atoms with E-state index < -0.39 is 5.92 Å². The van der Waals surface area contributed by atoms with Gasteiger partial charge in [-0.2, -0.15) is 10.2 Å². The first-order chi connectivity index (χ1) is 14.8. The first kappa shape index (κ1) is 20.6. The smallest absolute Gasteiger partial charge is 0.258 e. The third-order valence-electron chi connectivity index (χ3n) is 5.42. The van der Waals surface area contributed by atoms with Gasteiger partial charge in [-0.15, -0.1) is 0 Å². The van der Waals surface area contributed by atoms with Gasteiger partial charge in [-0.25, -0.2) is 0 Å². The van der Waals surface area contributed by atoms with Crippen LogP contribution in [0.4, 0.5) is 0 Å². The minimum absolute atomic E-state index is 0.163. The highest BCUT2D eigenvalue weighted by atomic mass is 16.5. The van der Waals surface area contributed by atoms with Crippen molar-refractivity contribution >= 4 is 28.6 Å². The largest absolute Gasteiger partial charge is 0.482 e. The Balaban J connectivity index is 1.47. The molecule has 3 amide bonds. The Morgan fingerprint density at radius 2 is 2.06 bits per heavy atom. The average Bonchev–Trinajstić information content (AvgIpc) is 3.24. The number of benzene rings is 1. The number of para-hydroxylation sites is 1. The second-order valence-electron chi connectivity index (χ2n) is 7.63. The van der Waals surface area contributed by atoms with E-state index in [-0.39, 0.29) is 30.7 Å². The third kappa shape index (κ3) is 4.14. The molecule has 3 aromatic rings. The number of carbonyl (C=O) groups is 3. The van der Waals surface area contributed by atoms with Gasteiger partial charge in [0, 0.05) is 31.6 Å². The van der Waals surface area contributed by atoms with Crippen LogP contribution >= 0.6 is 0 Å². The number of ether oxygens (including phenoxy) is 1. The summed E-state index contributed by atoms with van der Waals surface area (Å²) >= 11 is 0. The summed E-state index contributed by atoms with van der Waals surface area (Å²) in [6.07, 6.45) is 0.692. The summed E-state index contributed by atoms with van der Waals surface area (Å²) in [7, 11) is 3.61. The zero-order valence-electron chi connectivity index (χ0n) is 17.6. The topological polar surface area (TPSA) is 120 Å². The highest BCUT2D eigenvalue weighted by Gasteiger charge is 2.32. The lowest BCUT2D eigenvalue weighted by Crippen LogP contribution is -2.39. The molecule has 1 aliphatic heterocycles. The molecule has 4 rings (SSSR count). The Morgan fingerprint density at radius 3 is 2.77 bits per heavy atom. The number of hydrogen-bond acceptors (Lipinski definition) is 6. The number of carbonyl (C=O) groups excluding carboxylic acids is 3. The lowest BCUT2D eigenvalue weighted by Gasteiger charge is -2.19. The predicted molar refractivity (Wildman–Crippen MR) is 111 cm³/mol. The molecule has 0 spiro atoms. The summed E-state index contributed by atoms with van der Waals surface area (Å²) < 4.78 is 9.16. The molecule has 10 nitrogen and oxygen atoms in total. The van der Waals surface area contributed by atoms with Gasteiger partial charge in [0.2, 0.25) is 11.8 Å². The highest BCUT2D eigenvalue weighted by Crippen LogP contribution is 2.34. The number of amides is 3. The number of aryl methyl sites for hydroxylation is 3. The van der Waals surface area contributed by atoms with Crippen LogP contribution in [0.5, 0.6) is 5.75 Å². The molecule has 0 saturated carbocycles. The quantitative estimate of drug-likeness (QED) is 0.566. The van der Waals surface area contributed by atoms with Crippen LogP contribution in [0.25, 0.3) is 10.9 Å². The van der Waals surface area contributed by atoms with Crippen LogP contribution in [0.15, 0.2) is 24.3 Å². The van der Waals surface area contributed by atoms with E-state index in [1.54, 1.807) is 28.5 Å². The van der Waals surface area contributed by atoms with Crippen molar-refractivity contribution in [1.29, 1.82) is 0 Å². The molecular formula is C21H24N6O4. The number of nitrogens with one attached hydrogen (secondary N) is 2. The fraction of sp³-hybridized carbons (Fsp3) is 0.381. The molecule has 0 bridgehead atoms. The minimum atomic E-state index is -0.498. The Labute approximate surface area is 178 Å². The first-order valence-corrected chi connectivity index (χ1v) is 10.0. The Hall–Kier alpha value is -3.69. The van der Waals surface area contributed by atoms with Crippen LogP contribution in [0.3, 0.4) is 0 Å². The predicted octanol–water partition coefficient (Wildman–Crippen LogP) is 0.831. The molecule has 1 saturated heterocycles. The summed E-state index contributed by atoms with van der Waals surface area (Å²) in [4.78, 5) is 36.0. The van der Waals surface area contributed by atoms with E-state index in [4.69, 9.17) is 4.74 Å². The van der Waals surface area contributed by atoms with Crippen molar-refractivity contribution in [3.05, 3.63) is 41.3 Å². The Morgan fingerprint density at radius 1 is 1.26 bits per heavy atom. The van der Waals surface area contributed by atoms with E-state index in [0.717, 1.165) is 16.8 Å². The van der Waals surface area contributed by atoms with Gasteiger partial charge in [-0.05, 0) is 25.5 Å². The van der Waals surface area contributed by atoms with E-state index in [1.165, 1.54) is 0 Å². The van der Waals surface area contributed by atoms with Gasteiger partial charge in [-0.1, -0.05) is 12.1 Å². The van der Waals surface area contributed by atoms with E-state index >= 15 is 0 Å². The Bertz CT molecular complexity index is 1160. The SMILES string of the molecule is Cc1cc(CNC(=O)COc2cccc3c(C4CCC(=O)NC4=O)nn(C)c23)nn1C. The molecule has 1 atom stereocenters. The summed E-state index contributed by atoms with van der Waals surface area (Å²) in [5.41, 5.74) is 3.07. The summed E-state index contributed by atoms with van der Waals surface area (Å²) in [5, 5.41) is 14.7. The van der Waals surface area contributed by atoms with Crippen LogP contribution in [0.2, 0.25) is 0 Å². The average molecular weight is 424 g/mol. The van der Waals surface area contributed by atoms with Crippen molar-refractivity contribution in [2.75, 3.05) is 6.61 Å². The second kappa shape index (κ2) is 8.21. The lowest BCUT2D eigenvalue weighted by atomic mass is 9.93. The van der Waals surface area contributed by atoms with Gasteiger partial charge in [0.1, 0.15) is 11.3 Å². The molecule has 31 heavy (non-hydrogen) atoms. The number of rotatable bonds is 6. The number of imide groups is 1. The molecular weight excluding hydrogens is 400 g/mol. The number of piperidine rings is 1. The molecule has 2 N–H and O–H groups in total. The van der Waals surface area contributed by atoms with E-state index in [9.17, 15) is 14.4 Å². The molecule has 1 unspecified atom stereocenters. The molecule has 1 aromatic carbocycles. The van der Waals surface area contributed by atoms with Crippen molar-refractivity contribution in [2.24, 2.45) is 14.1 Å². The van der Waals surface area contributed by atoms with Gasteiger partial charge in [0.15, 0.2) is 6.61 Å². The Kier molecular flexibility index (Phi) is 5.45. The molecule has 0 radical (unpaired) electrons. The number of aromatic nitrogens is 4. The normalized spacial score (nSPS) is 16.4. The highest BCUT2D eigenvalue weighted by molar-refractivity contribution is 6.03. The maximum Gasteiger partial charge on any atom is 0.258 e. The van der Waals surface area contributed by atoms with Gasteiger partial charge in [0.05, 0.1) is 23.9 Å². The summed E-state index contributed by atoms with van der Waals surface area (Å²) in [5.74, 6) is -0.881. The minimum Gasteiger partial charge on any atom is -0.482 e. The van der Waals surface area contributed by atoms with Crippen LogP contribution in [0, 0.1) is 6.92 Å². The number of nitrogens with zero attached hydrogens (tertiary/aromatic N) is 4. The second-order valence-corrected chi connectivity index (χ2v) is 7.63. The molecule has 1 fully saturated rings. The molecule has 162 valence electrons. The van der Waals surface area contributed by atoms with E-state index in [0.29, 0.717) is 29.9 Å². The van der Waals surface area contributed by atoms with Gasteiger partial charge in [0.25, 0.3) is 5.91 Å². The standard InChI is InChI=1S/C21H24N6O4/c1-12-9-13(24-26(12)2)10-22-18(29)11-31-16-6-4-5-14-19(25-27(3)20(14)16)15-7-8-17(28)23-21(15)30/h4-6,9,15H,7-8,10-11H2,1-3H3,(H,22,29)(H,23,28,30). The zero-order valence-corrected chi connectivity index (χ0v) is 17.6. The fourth-order valence-electron chi connectivity index (χ4n) is 3.76. The maximum atomic E-state index is 12.3. The van der Waals surface area contributed by atoms with Crippen LogP contribution in [0.1, 0.15) is 35.8 Å².